The fourth-order valence-electron chi connectivity index (χ4n) is 2.46. The Morgan fingerprint density at radius 2 is 2.10 bits per heavy atom. The number of ether oxygens (including phenoxy) is 1. The van der Waals surface area contributed by atoms with Crippen LogP contribution in [0.3, 0.4) is 0 Å². The Hall–Kier alpha value is -0.540. The first-order chi connectivity index (χ1) is 9.44. The SMILES string of the molecule is COc1ccc(Br)cc1CC(C)(CNC1CC1)C(C)C. The van der Waals surface area contributed by atoms with Crippen molar-refractivity contribution in [2.24, 2.45) is 11.3 Å². The Kier molecular flexibility index (Phi) is 5.14. The van der Waals surface area contributed by atoms with Gasteiger partial charge in [-0.2, -0.15) is 0 Å². The number of halogens is 1. The van der Waals surface area contributed by atoms with Gasteiger partial charge in [0.25, 0.3) is 0 Å². The summed E-state index contributed by atoms with van der Waals surface area (Å²) in [6, 6.07) is 7.04. The number of rotatable bonds is 7. The number of methoxy groups -OCH3 is 1. The first kappa shape index (κ1) is 15.8. The Morgan fingerprint density at radius 3 is 2.65 bits per heavy atom. The van der Waals surface area contributed by atoms with Gasteiger partial charge in [-0.1, -0.05) is 36.7 Å². The molecule has 1 aromatic rings. The summed E-state index contributed by atoms with van der Waals surface area (Å²) in [7, 11) is 1.75. The lowest BCUT2D eigenvalue weighted by atomic mass is 9.74. The summed E-state index contributed by atoms with van der Waals surface area (Å²) in [5.41, 5.74) is 1.53. The number of benzene rings is 1. The van der Waals surface area contributed by atoms with E-state index in [1.165, 1.54) is 18.4 Å². The topological polar surface area (TPSA) is 21.3 Å². The third-order valence-electron chi connectivity index (χ3n) is 4.60. The lowest BCUT2D eigenvalue weighted by molar-refractivity contribution is 0.204. The summed E-state index contributed by atoms with van der Waals surface area (Å²) in [6.45, 7) is 8.09. The van der Waals surface area contributed by atoms with Crippen molar-refractivity contribution in [2.45, 2.75) is 46.1 Å². The predicted octanol–water partition coefficient (Wildman–Crippen LogP) is 4.41. The molecule has 20 heavy (non-hydrogen) atoms. The van der Waals surface area contributed by atoms with Gasteiger partial charge in [-0.25, -0.2) is 0 Å². The van der Waals surface area contributed by atoms with Gasteiger partial charge in [0.15, 0.2) is 0 Å². The van der Waals surface area contributed by atoms with Crippen LogP contribution in [0.2, 0.25) is 0 Å². The minimum absolute atomic E-state index is 0.247. The van der Waals surface area contributed by atoms with Crippen molar-refractivity contribution >= 4 is 15.9 Å². The largest absolute Gasteiger partial charge is 0.496 e. The molecule has 1 N–H and O–H groups in total. The van der Waals surface area contributed by atoms with Crippen LogP contribution in [-0.4, -0.2) is 19.7 Å². The van der Waals surface area contributed by atoms with Crippen LogP contribution in [0.25, 0.3) is 0 Å². The lowest BCUT2D eigenvalue weighted by Crippen LogP contribution is -2.38. The summed E-state index contributed by atoms with van der Waals surface area (Å²) >= 11 is 3.57. The summed E-state index contributed by atoms with van der Waals surface area (Å²) in [5.74, 6) is 1.61. The quantitative estimate of drug-likeness (QED) is 0.794. The van der Waals surface area contributed by atoms with E-state index in [1.807, 2.05) is 6.07 Å². The van der Waals surface area contributed by atoms with Crippen LogP contribution in [0.5, 0.6) is 5.75 Å². The zero-order chi connectivity index (χ0) is 14.8. The highest BCUT2D eigenvalue weighted by atomic mass is 79.9. The van der Waals surface area contributed by atoms with Crippen LogP contribution in [0.1, 0.15) is 39.2 Å². The van der Waals surface area contributed by atoms with E-state index in [-0.39, 0.29) is 5.41 Å². The fourth-order valence-corrected chi connectivity index (χ4v) is 2.86. The van der Waals surface area contributed by atoms with E-state index in [0.717, 1.165) is 29.2 Å². The maximum atomic E-state index is 5.52. The average molecular weight is 340 g/mol. The van der Waals surface area contributed by atoms with E-state index in [4.69, 9.17) is 4.74 Å². The standard InChI is InChI=1S/C17H26BrNO/c1-12(2)17(3,11-19-15-6-7-15)10-13-9-14(18)5-8-16(13)20-4/h5,8-9,12,15,19H,6-7,10-11H2,1-4H3. The van der Waals surface area contributed by atoms with Crippen LogP contribution >= 0.6 is 15.9 Å². The molecule has 1 atom stereocenters. The average Bonchev–Trinajstić information content (AvgIpc) is 3.20. The van der Waals surface area contributed by atoms with Gasteiger partial charge < -0.3 is 10.1 Å². The first-order valence-electron chi connectivity index (χ1n) is 7.50. The highest BCUT2D eigenvalue weighted by Crippen LogP contribution is 2.36. The molecule has 1 aliphatic carbocycles. The Balaban J connectivity index is 2.15. The highest BCUT2D eigenvalue weighted by molar-refractivity contribution is 9.10. The summed E-state index contributed by atoms with van der Waals surface area (Å²) in [6.07, 6.45) is 3.72. The van der Waals surface area contributed by atoms with Gasteiger partial charge in [-0.05, 0) is 54.4 Å². The smallest absolute Gasteiger partial charge is 0.122 e. The molecule has 1 unspecified atom stereocenters. The second-order valence-electron chi connectivity index (χ2n) is 6.60. The van der Waals surface area contributed by atoms with Crippen molar-refractivity contribution in [1.29, 1.82) is 0 Å². The normalized spacial score (nSPS) is 18.1. The van der Waals surface area contributed by atoms with Crippen LogP contribution in [0, 0.1) is 11.3 Å². The molecule has 0 heterocycles. The van der Waals surface area contributed by atoms with Gasteiger partial charge in [0, 0.05) is 17.1 Å². The van der Waals surface area contributed by atoms with Gasteiger partial charge in [0.1, 0.15) is 5.75 Å². The molecule has 1 saturated carbocycles. The summed E-state index contributed by atoms with van der Waals surface area (Å²) in [5, 5.41) is 3.70. The highest BCUT2D eigenvalue weighted by Gasteiger charge is 2.32. The number of hydrogen-bond acceptors (Lipinski definition) is 2. The van der Waals surface area contributed by atoms with Crippen molar-refractivity contribution < 1.29 is 4.74 Å². The maximum Gasteiger partial charge on any atom is 0.122 e. The molecular weight excluding hydrogens is 314 g/mol. The van der Waals surface area contributed by atoms with Gasteiger partial charge >= 0.3 is 0 Å². The Morgan fingerprint density at radius 1 is 1.40 bits per heavy atom. The van der Waals surface area contributed by atoms with Gasteiger partial charge in [-0.3, -0.25) is 0 Å². The minimum Gasteiger partial charge on any atom is -0.496 e. The van der Waals surface area contributed by atoms with Gasteiger partial charge in [-0.15, -0.1) is 0 Å². The molecule has 2 rings (SSSR count). The molecule has 0 radical (unpaired) electrons. The summed E-state index contributed by atoms with van der Waals surface area (Å²) < 4.78 is 6.64. The molecule has 2 nitrogen and oxygen atoms in total. The maximum absolute atomic E-state index is 5.52. The third-order valence-corrected chi connectivity index (χ3v) is 5.10. The minimum atomic E-state index is 0.247. The molecule has 0 spiro atoms. The van der Waals surface area contributed by atoms with E-state index in [2.05, 4.69) is 54.2 Å². The van der Waals surface area contributed by atoms with Crippen LogP contribution in [0.15, 0.2) is 22.7 Å². The zero-order valence-electron chi connectivity index (χ0n) is 13.0. The Bertz CT molecular complexity index is 456. The predicted molar refractivity (Wildman–Crippen MR) is 88.4 cm³/mol. The number of hydrogen-bond donors (Lipinski definition) is 1. The molecule has 0 aromatic heterocycles. The third kappa shape index (κ3) is 3.98. The molecule has 112 valence electrons. The molecular formula is C17H26BrNO. The molecule has 0 bridgehead atoms. The van der Waals surface area contributed by atoms with Crippen LogP contribution in [0.4, 0.5) is 0 Å². The van der Waals surface area contributed by atoms with Gasteiger partial charge in [0.2, 0.25) is 0 Å². The van der Waals surface area contributed by atoms with Crippen molar-refractivity contribution in [3.8, 4) is 5.75 Å². The molecule has 0 aliphatic heterocycles. The van der Waals surface area contributed by atoms with E-state index in [9.17, 15) is 0 Å². The number of nitrogens with one attached hydrogen (secondary N) is 1. The van der Waals surface area contributed by atoms with E-state index < -0.39 is 0 Å². The monoisotopic (exact) mass is 339 g/mol. The van der Waals surface area contributed by atoms with Gasteiger partial charge in [0.05, 0.1) is 7.11 Å². The first-order valence-corrected chi connectivity index (χ1v) is 8.30. The molecule has 1 fully saturated rings. The molecule has 0 amide bonds. The van der Waals surface area contributed by atoms with Crippen molar-refractivity contribution in [3.63, 3.8) is 0 Å². The van der Waals surface area contributed by atoms with Crippen LogP contribution in [-0.2, 0) is 6.42 Å². The Labute approximate surface area is 131 Å². The van der Waals surface area contributed by atoms with Crippen molar-refractivity contribution in [2.75, 3.05) is 13.7 Å². The van der Waals surface area contributed by atoms with Crippen LogP contribution < -0.4 is 10.1 Å². The lowest BCUT2D eigenvalue weighted by Gasteiger charge is -2.35. The zero-order valence-corrected chi connectivity index (χ0v) is 14.6. The van der Waals surface area contributed by atoms with E-state index in [0.29, 0.717) is 5.92 Å². The van der Waals surface area contributed by atoms with Crippen molar-refractivity contribution in [1.82, 2.24) is 5.32 Å². The van der Waals surface area contributed by atoms with E-state index in [1.54, 1.807) is 7.11 Å². The van der Waals surface area contributed by atoms with Crippen molar-refractivity contribution in [3.05, 3.63) is 28.2 Å². The molecule has 1 aromatic carbocycles. The molecule has 3 heteroatoms. The second-order valence-corrected chi connectivity index (χ2v) is 7.51. The second kappa shape index (κ2) is 6.48. The summed E-state index contributed by atoms with van der Waals surface area (Å²) in [4.78, 5) is 0. The molecule has 1 aliphatic rings. The fraction of sp³-hybridized carbons (Fsp3) is 0.647. The van der Waals surface area contributed by atoms with E-state index >= 15 is 0 Å². The molecule has 0 saturated heterocycles.